The molecule has 0 saturated carbocycles. The summed E-state index contributed by atoms with van der Waals surface area (Å²) in [5.41, 5.74) is 7.86. The molecule has 0 saturated heterocycles. The molecule has 0 aromatic heterocycles. The van der Waals surface area contributed by atoms with E-state index >= 15 is 0 Å². The average molecular weight is 233 g/mol. The summed E-state index contributed by atoms with van der Waals surface area (Å²) in [6, 6.07) is 4.48. The van der Waals surface area contributed by atoms with Gasteiger partial charge in [0, 0.05) is 17.9 Å². The van der Waals surface area contributed by atoms with E-state index in [1.807, 2.05) is 6.92 Å². The van der Waals surface area contributed by atoms with E-state index in [0.717, 1.165) is 11.1 Å². The van der Waals surface area contributed by atoms with Crippen LogP contribution in [0.2, 0.25) is 0 Å². The fourth-order valence-corrected chi connectivity index (χ4v) is 1.55. The van der Waals surface area contributed by atoms with Gasteiger partial charge >= 0.3 is 0 Å². The number of aryl methyl sites for hydroxylation is 1. The highest BCUT2D eigenvalue weighted by atomic mass is 19.1. The quantitative estimate of drug-likeness (QED) is 0.776. The van der Waals surface area contributed by atoms with Crippen LogP contribution in [-0.4, -0.2) is 0 Å². The Bertz CT molecular complexity index is 446. The predicted molar refractivity (Wildman–Crippen MR) is 69.9 cm³/mol. The zero-order valence-electron chi connectivity index (χ0n) is 11.0. The van der Waals surface area contributed by atoms with Crippen molar-refractivity contribution >= 4 is 0 Å². The number of rotatable bonds is 2. The molecule has 0 aliphatic carbocycles. The lowest BCUT2D eigenvalue weighted by Crippen LogP contribution is -2.11. The van der Waals surface area contributed by atoms with Crippen LogP contribution < -0.4 is 5.73 Å². The topological polar surface area (TPSA) is 26.0 Å². The fourth-order valence-electron chi connectivity index (χ4n) is 1.55. The largest absolute Gasteiger partial charge is 0.323 e. The number of halogens is 1. The molecule has 17 heavy (non-hydrogen) atoms. The molecule has 0 radical (unpaired) electrons. The molecule has 2 N–H and O–H groups in total. The molecule has 0 spiro atoms. The molecule has 0 aliphatic rings. The lowest BCUT2D eigenvalue weighted by Gasteiger charge is -2.12. The summed E-state index contributed by atoms with van der Waals surface area (Å²) < 4.78 is 13.1. The zero-order chi connectivity index (χ0) is 13.1. The second kappa shape index (κ2) is 5.33. The molecule has 0 aliphatic heterocycles. The van der Waals surface area contributed by atoms with Crippen LogP contribution in [0.25, 0.3) is 0 Å². The minimum absolute atomic E-state index is 0.0172. The Hall–Kier alpha value is -1.33. The van der Waals surface area contributed by atoms with Crippen molar-refractivity contribution in [2.45, 2.75) is 40.2 Å². The van der Waals surface area contributed by atoms with E-state index in [-0.39, 0.29) is 17.3 Å². The van der Waals surface area contributed by atoms with Crippen LogP contribution in [0.3, 0.4) is 0 Å². The van der Waals surface area contributed by atoms with Crippen LogP contribution in [-0.2, 0) is 0 Å². The Kier molecular flexibility index (Phi) is 4.31. The van der Waals surface area contributed by atoms with E-state index in [9.17, 15) is 4.39 Å². The minimum atomic E-state index is -0.246. The first-order chi connectivity index (χ1) is 7.79. The molecule has 1 atom stereocenters. The highest BCUT2D eigenvalue weighted by molar-refractivity contribution is 5.30. The maximum Gasteiger partial charge on any atom is 0.123 e. The summed E-state index contributed by atoms with van der Waals surface area (Å²) in [4.78, 5) is 0. The number of nitrogens with two attached hydrogens (primary N) is 1. The molecular weight excluding hydrogens is 213 g/mol. The van der Waals surface area contributed by atoms with Gasteiger partial charge in [-0.1, -0.05) is 12.0 Å². The van der Waals surface area contributed by atoms with Crippen molar-refractivity contribution in [3.05, 3.63) is 35.1 Å². The molecule has 0 heterocycles. The van der Waals surface area contributed by atoms with Crippen molar-refractivity contribution in [1.29, 1.82) is 0 Å². The lowest BCUT2D eigenvalue weighted by atomic mass is 9.96. The van der Waals surface area contributed by atoms with Gasteiger partial charge in [-0.15, -0.1) is 5.92 Å². The van der Waals surface area contributed by atoms with Crippen LogP contribution in [0.5, 0.6) is 0 Å². The molecule has 0 amide bonds. The SMILES string of the molecule is Cc1ccc(F)cc1C(N)CC#CC(C)(C)C. The summed E-state index contributed by atoms with van der Waals surface area (Å²) >= 11 is 0. The van der Waals surface area contributed by atoms with E-state index in [4.69, 9.17) is 5.73 Å². The average Bonchev–Trinajstić information content (AvgIpc) is 2.19. The van der Waals surface area contributed by atoms with Crippen molar-refractivity contribution in [1.82, 2.24) is 0 Å². The molecule has 2 heteroatoms. The molecule has 92 valence electrons. The molecular formula is C15H20FN. The zero-order valence-corrected chi connectivity index (χ0v) is 11.0. The van der Waals surface area contributed by atoms with Crippen molar-refractivity contribution in [2.24, 2.45) is 11.1 Å². The summed E-state index contributed by atoms with van der Waals surface area (Å²) in [5, 5.41) is 0. The summed E-state index contributed by atoms with van der Waals surface area (Å²) in [6.07, 6.45) is 0.557. The number of benzene rings is 1. The molecule has 0 fully saturated rings. The monoisotopic (exact) mass is 233 g/mol. The van der Waals surface area contributed by atoms with Gasteiger partial charge in [-0.25, -0.2) is 4.39 Å². The molecule has 1 rings (SSSR count). The maximum atomic E-state index is 13.1. The summed E-state index contributed by atoms with van der Waals surface area (Å²) in [6.45, 7) is 8.10. The van der Waals surface area contributed by atoms with Crippen LogP contribution in [0.15, 0.2) is 18.2 Å². The summed E-state index contributed by atoms with van der Waals surface area (Å²) in [5.74, 6) is 5.96. The van der Waals surface area contributed by atoms with Crippen LogP contribution >= 0.6 is 0 Å². The third-order valence-electron chi connectivity index (χ3n) is 2.43. The third-order valence-corrected chi connectivity index (χ3v) is 2.43. The van der Waals surface area contributed by atoms with Gasteiger partial charge in [0.05, 0.1) is 0 Å². The van der Waals surface area contributed by atoms with E-state index in [2.05, 4.69) is 32.6 Å². The first-order valence-corrected chi connectivity index (χ1v) is 5.81. The van der Waals surface area contributed by atoms with Gasteiger partial charge in [0.2, 0.25) is 0 Å². The first kappa shape index (κ1) is 13.7. The van der Waals surface area contributed by atoms with Crippen molar-refractivity contribution in [3.63, 3.8) is 0 Å². The molecule has 1 unspecified atom stereocenters. The van der Waals surface area contributed by atoms with E-state index in [0.29, 0.717) is 6.42 Å². The van der Waals surface area contributed by atoms with Crippen molar-refractivity contribution in [2.75, 3.05) is 0 Å². The van der Waals surface area contributed by atoms with E-state index in [1.54, 1.807) is 6.07 Å². The lowest BCUT2D eigenvalue weighted by molar-refractivity contribution is 0.569. The standard InChI is InChI=1S/C15H20FN/c1-11-7-8-12(16)10-13(11)14(17)6-5-9-15(2,3)4/h7-8,10,14H,6,17H2,1-4H3. The van der Waals surface area contributed by atoms with Gasteiger partial charge in [-0.2, -0.15) is 0 Å². The molecule has 0 bridgehead atoms. The Morgan fingerprint density at radius 3 is 2.59 bits per heavy atom. The number of hydrogen-bond acceptors (Lipinski definition) is 1. The number of hydrogen-bond donors (Lipinski definition) is 1. The minimum Gasteiger partial charge on any atom is -0.323 e. The second-order valence-corrected chi connectivity index (χ2v) is 5.36. The normalized spacial score (nSPS) is 12.8. The first-order valence-electron chi connectivity index (χ1n) is 5.81. The Balaban J connectivity index is 2.79. The van der Waals surface area contributed by atoms with Crippen molar-refractivity contribution in [3.8, 4) is 11.8 Å². The second-order valence-electron chi connectivity index (χ2n) is 5.36. The highest BCUT2D eigenvalue weighted by Crippen LogP contribution is 2.19. The van der Waals surface area contributed by atoms with Crippen molar-refractivity contribution < 1.29 is 4.39 Å². The van der Waals surface area contributed by atoms with Gasteiger partial charge in [0.15, 0.2) is 0 Å². The Morgan fingerprint density at radius 2 is 2.00 bits per heavy atom. The molecule has 1 aromatic carbocycles. The Morgan fingerprint density at radius 1 is 1.35 bits per heavy atom. The van der Waals surface area contributed by atoms with Crippen LogP contribution in [0.4, 0.5) is 4.39 Å². The maximum absolute atomic E-state index is 13.1. The van der Waals surface area contributed by atoms with Crippen LogP contribution in [0.1, 0.15) is 44.4 Å². The summed E-state index contributed by atoms with van der Waals surface area (Å²) in [7, 11) is 0. The highest BCUT2D eigenvalue weighted by Gasteiger charge is 2.09. The predicted octanol–water partition coefficient (Wildman–Crippen LogP) is 3.57. The molecule has 1 aromatic rings. The van der Waals surface area contributed by atoms with Gasteiger partial charge in [-0.05, 0) is 51.0 Å². The van der Waals surface area contributed by atoms with E-state index < -0.39 is 0 Å². The van der Waals surface area contributed by atoms with Gasteiger partial charge in [-0.3, -0.25) is 0 Å². The molecule has 1 nitrogen and oxygen atoms in total. The van der Waals surface area contributed by atoms with Crippen LogP contribution in [0, 0.1) is 30.0 Å². The fraction of sp³-hybridized carbons (Fsp3) is 0.467. The third kappa shape index (κ3) is 4.58. The van der Waals surface area contributed by atoms with E-state index in [1.165, 1.54) is 12.1 Å². The van der Waals surface area contributed by atoms with Gasteiger partial charge in [0.25, 0.3) is 0 Å². The smallest absolute Gasteiger partial charge is 0.123 e. The Labute approximate surface area is 103 Å². The van der Waals surface area contributed by atoms with Gasteiger partial charge in [0.1, 0.15) is 5.82 Å². The van der Waals surface area contributed by atoms with Gasteiger partial charge < -0.3 is 5.73 Å².